The Morgan fingerprint density at radius 2 is 1.27 bits per heavy atom. The highest BCUT2D eigenvalue weighted by molar-refractivity contribution is 6.32. The highest BCUT2D eigenvalue weighted by Crippen LogP contribution is 2.47. The first-order chi connectivity index (χ1) is 42.5. The molecule has 0 unspecified atom stereocenters. The maximum Gasteiger partial charge on any atom is 0.248 e. The minimum absolute atomic E-state index is 0.0170. The van der Waals surface area contributed by atoms with Gasteiger partial charge in [0.2, 0.25) is 53.0 Å². The summed E-state index contributed by atoms with van der Waals surface area (Å²) in [6, 6.07) is 3.96. The second kappa shape index (κ2) is 29.2. The Morgan fingerprint density at radius 1 is 0.640 bits per heavy atom. The van der Waals surface area contributed by atoms with E-state index in [1.807, 2.05) is 13.8 Å². The summed E-state index contributed by atoms with van der Waals surface area (Å²) in [5.74, 6) is -12.7. The van der Waals surface area contributed by atoms with Gasteiger partial charge in [0.25, 0.3) is 0 Å². The molecule has 16 N–H and O–H groups in total. The highest BCUT2D eigenvalue weighted by Gasteiger charge is 2.41. The van der Waals surface area contributed by atoms with Crippen molar-refractivity contribution in [3.63, 3.8) is 0 Å². The molecule has 9 atom stereocenters. The largest absolute Gasteiger partial charge is 0.508 e. The zero-order valence-corrected chi connectivity index (χ0v) is 50.1. The quantitative estimate of drug-likeness (QED) is 0.0550. The summed E-state index contributed by atoms with van der Waals surface area (Å²) in [6.07, 6.45) is 3.08. The summed E-state index contributed by atoms with van der Waals surface area (Å²) in [4.78, 5) is 116. The van der Waals surface area contributed by atoms with Crippen LogP contribution in [0.15, 0.2) is 84.9 Å². The number of rotatable bonds is 17. The lowest BCUT2D eigenvalue weighted by molar-refractivity contribution is -0.138. The molecule has 0 saturated carbocycles. The molecule has 10 rings (SSSR count). The normalized spacial score (nSPS) is 21.3. The third-order valence-electron chi connectivity index (χ3n) is 15.6. The third kappa shape index (κ3) is 15.8. The van der Waals surface area contributed by atoms with Gasteiger partial charge in [0.05, 0.1) is 17.5 Å². The number of carbonyl (C=O) groups is 8. The van der Waals surface area contributed by atoms with Gasteiger partial charge in [-0.25, -0.2) is 0 Å². The fourth-order valence-corrected chi connectivity index (χ4v) is 11.1. The van der Waals surface area contributed by atoms with Crippen LogP contribution in [0.1, 0.15) is 143 Å². The van der Waals surface area contributed by atoms with Crippen LogP contribution in [0.25, 0.3) is 11.1 Å². The van der Waals surface area contributed by atoms with Crippen molar-refractivity contribution in [1.29, 1.82) is 0 Å². The lowest BCUT2D eigenvalue weighted by Gasteiger charge is -2.31. The molecule has 5 aliphatic rings. The van der Waals surface area contributed by atoms with E-state index in [1.165, 1.54) is 61.6 Å². The molecule has 25 nitrogen and oxygen atoms in total. The number of fused-ring (bicyclic) bond motifs is 15. The van der Waals surface area contributed by atoms with Crippen molar-refractivity contribution in [2.45, 2.75) is 139 Å². The Balaban J connectivity index is 1.28. The number of carbonyl (C=O) groups excluding carboxylic acids is 8. The number of nitrogens with one attached hydrogen (secondary N) is 8. The molecule has 0 aliphatic carbocycles. The van der Waals surface area contributed by atoms with Crippen LogP contribution in [0.5, 0.6) is 46.0 Å². The number of aromatic hydroxyl groups is 4. The molecule has 0 aromatic heterocycles. The van der Waals surface area contributed by atoms with E-state index in [0.717, 1.165) is 75.3 Å². The Kier molecular flexibility index (Phi) is 21.6. The Bertz CT molecular complexity index is 3490. The van der Waals surface area contributed by atoms with Crippen LogP contribution in [0.2, 0.25) is 5.02 Å². The van der Waals surface area contributed by atoms with Crippen LogP contribution in [-0.2, 0) is 38.4 Å². The van der Waals surface area contributed by atoms with Gasteiger partial charge in [-0.3, -0.25) is 38.4 Å². The molecular formula is C63H74ClN9O16. The molecule has 0 spiro atoms. The van der Waals surface area contributed by atoms with Gasteiger partial charge in [-0.15, -0.1) is 0 Å². The molecule has 474 valence electrons. The smallest absolute Gasteiger partial charge is 0.248 e. The number of halogens is 1. The average molecular weight is 1250 g/mol. The standard InChI is InChI=1S/C63H74ClN9O16/c1-5-6-7-8-9-10-11-12-21-67-59(83)51-38-27-35(74)28-43(76)48(38)37-23-32(15-19-42(37)75)49-60(84)73-52(63(87)71-51)54(78)31-13-17-36(18-14-31)88-45-25-34-26-46(56(45)80)89-44-20-16-33(24-39(44)64)55(79)53(72-57(81)40(66-4)22-30(2)3)62(86)68-41(29-47(65)77)58(82)69-50(34)61(85)70-49/h13-20,23-28,30,40-41,49-55,66,74-76,78-80H,5-12,21-22,29H2,1-4H3,(H2,65,77)(H,67,83)(H,68,86)(H,69,82)(H,70,85)(H,71,87)(H,72,81)(H,73,84)/t40-,41+,49-,50-,51+,52+,53-,54-,55-/m1/s1. The van der Waals surface area contributed by atoms with Gasteiger partial charge in [-0.2, -0.15) is 0 Å². The first-order valence-corrected chi connectivity index (χ1v) is 29.8. The van der Waals surface area contributed by atoms with Crippen molar-refractivity contribution >= 4 is 58.9 Å². The van der Waals surface area contributed by atoms with Gasteiger partial charge >= 0.3 is 0 Å². The highest BCUT2D eigenvalue weighted by atomic mass is 35.5. The molecule has 11 bridgehead atoms. The molecule has 0 radical (unpaired) electrons. The van der Waals surface area contributed by atoms with Crippen molar-refractivity contribution in [2.75, 3.05) is 13.6 Å². The number of phenolic OH excluding ortho intramolecular Hbond substituents is 4. The molecule has 5 aliphatic heterocycles. The number of benzene rings is 5. The molecular weight excluding hydrogens is 1170 g/mol. The Hall–Kier alpha value is -9.17. The third-order valence-corrected chi connectivity index (χ3v) is 15.9. The number of hydrogen-bond acceptors (Lipinski definition) is 17. The molecule has 0 fully saturated rings. The molecule has 5 heterocycles. The van der Waals surface area contributed by atoms with E-state index in [9.17, 15) is 54.6 Å². The number of ether oxygens (including phenoxy) is 2. The number of aliphatic hydroxyl groups is 2. The van der Waals surface area contributed by atoms with Gasteiger partial charge in [0.1, 0.15) is 77.2 Å². The van der Waals surface area contributed by atoms with Crippen LogP contribution < -0.4 is 57.7 Å². The maximum atomic E-state index is 15.5. The number of nitrogens with two attached hydrogens (primary N) is 1. The number of hydrogen-bond donors (Lipinski definition) is 15. The van der Waals surface area contributed by atoms with Crippen molar-refractivity contribution in [3.8, 4) is 57.1 Å². The van der Waals surface area contributed by atoms with E-state index >= 15 is 14.4 Å². The van der Waals surface area contributed by atoms with Crippen LogP contribution in [-0.4, -0.2) is 116 Å². The summed E-state index contributed by atoms with van der Waals surface area (Å²) >= 11 is 6.80. The number of unbranched alkanes of at least 4 members (excludes halogenated alkanes) is 7. The van der Waals surface area contributed by atoms with Crippen LogP contribution in [0, 0.1) is 5.92 Å². The average Bonchev–Trinajstić information content (AvgIpc) is 1.16. The maximum absolute atomic E-state index is 15.5. The van der Waals surface area contributed by atoms with Crippen LogP contribution >= 0.6 is 11.6 Å². The lowest BCUT2D eigenvalue weighted by Crippen LogP contribution is -2.59. The minimum Gasteiger partial charge on any atom is -0.508 e. The predicted octanol–water partition coefficient (Wildman–Crippen LogP) is 4.91. The number of amides is 8. The monoisotopic (exact) mass is 1250 g/mol. The van der Waals surface area contributed by atoms with E-state index in [0.29, 0.717) is 6.42 Å². The van der Waals surface area contributed by atoms with Crippen LogP contribution in [0.3, 0.4) is 0 Å². The van der Waals surface area contributed by atoms with Crippen molar-refractivity contribution in [3.05, 3.63) is 118 Å². The van der Waals surface area contributed by atoms with Gasteiger partial charge in [0, 0.05) is 23.7 Å². The predicted molar refractivity (Wildman–Crippen MR) is 323 cm³/mol. The fourth-order valence-electron chi connectivity index (χ4n) is 10.9. The fraction of sp³-hybridized carbons (Fsp3) is 0.397. The SMILES string of the molecule is CCCCCCCCCCNC(=O)[C@H]1NC(=O)[C@H]2NC(=O)[C@H](NC(=O)[C@@H]3NC(=O)[C@H](CC(N)=O)NC(=O)[C@H](NC(=O)[C@@H](CC(C)C)NC)[C@H](O)c4ccc(c(Cl)c4)Oc4cc3cc(c4O)Oc3ccc(cc3)[C@H]2O)c2ccc(O)c(c2)-c2c(O)cc(O)cc21. The number of primary amides is 1. The molecule has 5 aromatic carbocycles. The zero-order chi connectivity index (χ0) is 64.4. The summed E-state index contributed by atoms with van der Waals surface area (Å²) in [5, 5.41) is 91.1. The second-order valence-electron chi connectivity index (χ2n) is 22.7. The summed E-state index contributed by atoms with van der Waals surface area (Å²) in [5.41, 5.74) is 4.28. The van der Waals surface area contributed by atoms with Crippen molar-refractivity contribution < 1.29 is 78.5 Å². The van der Waals surface area contributed by atoms with Gasteiger partial charge in [-0.05, 0) is 108 Å². The molecule has 8 amide bonds. The first-order valence-electron chi connectivity index (χ1n) is 29.4. The summed E-state index contributed by atoms with van der Waals surface area (Å²) in [7, 11) is 1.51. The second-order valence-corrected chi connectivity index (χ2v) is 23.1. The first kappa shape index (κ1) is 65.8. The van der Waals surface area contributed by atoms with Gasteiger partial charge < -0.3 is 88.4 Å². The van der Waals surface area contributed by atoms with E-state index in [-0.39, 0.29) is 74.3 Å². The molecule has 26 heteroatoms. The summed E-state index contributed by atoms with van der Waals surface area (Å²) < 4.78 is 12.4. The molecule has 5 aromatic rings. The van der Waals surface area contributed by atoms with Crippen molar-refractivity contribution in [2.24, 2.45) is 11.7 Å². The topological polar surface area (TPSA) is 399 Å². The molecule has 89 heavy (non-hydrogen) atoms. The zero-order valence-electron chi connectivity index (χ0n) is 49.4. The van der Waals surface area contributed by atoms with Gasteiger partial charge in [0.15, 0.2) is 11.5 Å². The molecule has 0 saturated heterocycles. The van der Waals surface area contributed by atoms with Crippen molar-refractivity contribution in [1.82, 2.24) is 42.5 Å². The van der Waals surface area contributed by atoms with E-state index in [4.69, 9.17) is 26.8 Å². The number of aliphatic hydroxyl groups excluding tert-OH is 2. The number of phenols is 4. The number of likely N-dealkylation sites (N-methyl/N-ethyl adjacent to an activating group) is 1. The van der Waals surface area contributed by atoms with Gasteiger partial charge in [-0.1, -0.05) is 102 Å². The lowest BCUT2D eigenvalue weighted by atomic mass is 9.89. The summed E-state index contributed by atoms with van der Waals surface area (Å²) in [6.45, 7) is 5.98. The van der Waals surface area contributed by atoms with Crippen LogP contribution in [0.4, 0.5) is 0 Å². The van der Waals surface area contributed by atoms with E-state index < -0.39 is 143 Å². The van der Waals surface area contributed by atoms with E-state index in [1.54, 1.807) is 0 Å². The Labute approximate surface area is 517 Å². The van der Waals surface area contributed by atoms with E-state index in [2.05, 4.69) is 49.5 Å². The Morgan fingerprint density at radius 3 is 1.93 bits per heavy atom. The minimum atomic E-state index is -2.11.